The van der Waals surface area contributed by atoms with Gasteiger partial charge >= 0.3 is 0 Å². The summed E-state index contributed by atoms with van der Waals surface area (Å²) in [6.07, 6.45) is 1.47. The summed E-state index contributed by atoms with van der Waals surface area (Å²) in [4.78, 5) is 25.3. The zero-order chi connectivity index (χ0) is 14.5. The van der Waals surface area contributed by atoms with Crippen LogP contribution in [0.4, 0.5) is 0 Å². The van der Waals surface area contributed by atoms with Gasteiger partial charge in [0.15, 0.2) is 5.69 Å². The molecule has 0 saturated carbocycles. The van der Waals surface area contributed by atoms with Crippen LogP contribution in [0.25, 0.3) is 0 Å². The Hall–Kier alpha value is -1.89. The van der Waals surface area contributed by atoms with Gasteiger partial charge in [-0.2, -0.15) is 0 Å². The minimum Gasteiger partial charge on any atom is -0.375 e. The van der Waals surface area contributed by atoms with Crippen LogP contribution in [0.15, 0.2) is 10.6 Å². The fraction of sp³-hybridized carbons (Fsp3) is 0.615. The van der Waals surface area contributed by atoms with Crippen molar-refractivity contribution in [2.24, 2.45) is 0 Å². The monoisotopic (exact) mass is 281 g/mol. The first kappa shape index (κ1) is 14.5. The van der Waals surface area contributed by atoms with Crippen LogP contribution in [-0.4, -0.2) is 54.7 Å². The van der Waals surface area contributed by atoms with Crippen molar-refractivity contribution in [1.29, 1.82) is 0 Å². The molecule has 7 heteroatoms. The van der Waals surface area contributed by atoms with Crippen molar-refractivity contribution in [3.05, 3.63) is 17.5 Å². The molecule has 7 nitrogen and oxygen atoms in total. The molecule has 1 aromatic rings. The second-order valence-electron chi connectivity index (χ2n) is 4.89. The molecular formula is C13H19N3O4. The number of amides is 2. The fourth-order valence-corrected chi connectivity index (χ4v) is 2.26. The third-order valence-corrected chi connectivity index (χ3v) is 3.27. The van der Waals surface area contributed by atoms with Gasteiger partial charge in [-0.3, -0.25) is 9.59 Å². The second kappa shape index (κ2) is 6.51. The third-order valence-electron chi connectivity index (χ3n) is 3.27. The average Bonchev–Trinajstić information content (AvgIpc) is 2.86. The average molecular weight is 281 g/mol. The van der Waals surface area contributed by atoms with Crippen LogP contribution in [0.5, 0.6) is 0 Å². The van der Waals surface area contributed by atoms with Crippen LogP contribution in [0.1, 0.15) is 29.1 Å². The highest BCUT2D eigenvalue weighted by Gasteiger charge is 2.26. The molecule has 1 aromatic heterocycles. The Bertz CT molecular complexity index is 478. The molecule has 2 amide bonds. The highest BCUT2D eigenvalue weighted by atomic mass is 16.5. The zero-order valence-corrected chi connectivity index (χ0v) is 11.7. The van der Waals surface area contributed by atoms with Gasteiger partial charge in [-0.1, -0.05) is 5.16 Å². The Morgan fingerprint density at radius 3 is 2.75 bits per heavy atom. The minimum absolute atomic E-state index is 0.0668. The molecular weight excluding hydrogens is 262 g/mol. The van der Waals surface area contributed by atoms with Crippen molar-refractivity contribution in [2.45, 2.75) is 25.8 Å². The normalized spacial score (nSPS) is 16.2. The molecule has 0 aromatic carbocycles. The molecule has 0 bridgehead atoms. The maximum atomic E-state index is 12.1. The number of ether oxygens (including phenoxy) is 1. The number of methoxy groups -OCH3 is 1. The lowest BCUT2D eigenvalue weighted by Crippen LogP contribution is -2.47. The summed E-state index contributed by atoms with van der Waals surface area (Å²) in [5.41, 5.74) is 0.337. The van der Waals surface area contributed by atoms with Crippen molar-refractivity contribution in [1.82, 2.24) is 15.4 Å². The third kappa shape index (κ3) is 3.57. The lowest BCUT2D eigenvalue weighted by atomic mass is 10.0. The van der Waals surface area contributed by atoms with Crippen molar-refractivity contribution >= 4 is 11.8 Å². The second-order valence-corrected chi connectivity index (χ2v) is 4.89. The first-order chi connectivity index (χ1) is 9.60. The lowest BCUT2D eigenvalue weighted by Gasteiger charge is -2.31. The molecule has 0 unspecified atom stereocenters. The predicted octanol–water partition coefficient (Wildman–Crippen LogP) is 0.350. The Morgan fingerprint density at radius 2 is 2.20 bits per heavy atom. The molecule has 1 aliphatic rings. The molecule has 1 fully saturated rings. The molecule has 1 aliphatic heterocycles. The van der Waals surface area contributed by atoms with E-state index in [0.29, 0.717) is 24.5 Å². The summed E-state index contributed by atoms with van der Waals surface area (Å²) >= 11 is 0. The van der Waals surface area contributed by atoms with Crippen LogP contribution < -0.4 is 5.32 Å². The highest BCUT2D eigenvalue weighted by Crippen LogP contribution is 2.14. The van der Waals surface area contributed by atoms with Gasteiger partial charge in [0.1, 0.15) is 12.4 Å². The number of rotatable bonds is 4. The van der Waals surface area contributed by atoms with Crippen molar-refractivity contribution in [2.75, 3.05) is 26.8 Å². The maximum absolute atomic E-state index is 12.1. The van der Waals surface area contributed by atoms with Gasteiger partial charge in [0.05, 0.1) is 0 Å². The van der Waals surface area contributed by atoms with Gasteiger partial charge in [-0.15, -0.1) is 0 Å². The van der Waals surface area contributed by atoms with Crippen molar-refractivity contribution in [3.8, 4) is 0 Å². The maximum Gasteiger partial charge on any atom is 0.276 e. The molecule has 0 aliphatic carbocycles. The summed E-state index contributed by atoms with van der Waals surface area (Å²) in [5.74, 6) is 0.378. The Balaban J connectivity index is 1.82. The SMILES string of the molecule is COCC(=O)NC1CCN(C(=O)c2cc(C)on2)CC1. The summed E-state index contributed by atoms with van der Waals surface area (Å²) in [7, 11) is 1.49. The van der Waals surface area contributed by atoms with Gasteiger partial charge in [-0.05, 0) is 19.8 Å². The number of hydrogen-bond donors (Lipinski definition) is 1. The summed E-state index contributed by atoms with van der Waals surface area (Å²) < 4.78 is 9.68. The Kier molecular flexibility index (Phi) is 4.73. The van der Waals surface area contributed by atoms with E-state index >= 15 is 0 Å². The fourth-order valence-electron chi connectivity index (χ4n) is 2.26. The predicted molar refractivity (Wildman–Crippen MR) is 70.2 cm³/mol. The number of aromatic nitrogens is 1. The molecule has 1 N–H and O–H groups in total. The van der Waals surface area contributed by atoms with Crippen LogP contribution in [0, 0.1) is 6.92 Å². The number of hydrogen-bond acceptors (Lipinski definition) is 5. The van der Waals surface area contributed by atoms with E-state index in [2.05, 4.69) is 10.5 Å². The van der Waals surface area contributed by atoms with Gasteiger partial charge in [0, 0.05) is 32.3 Å². The number of nitrogens with one attached hydrogen (secondary N) is 1. The minimum atomic E-state index is -0.122. The smallest absolute Gasteiger partial charge is 0.276 e. The topological polar surface area (TPSA) is 84.7 Å². The van der Waals surface area contributed by atoms with E-state index in [1.54, 1.807) is 17.9 Å². The Morgan fingerprint density at radius 1 is 1.50 bits per heavy atom. The first-order valence-electron chi connectivity index (χ1n) is 6.61. The molecule has 0 radical (unpaired) electrons. The van der Waals surface area contributed by atoms with E-state index in [1.165, 1.54) is 7.11 Å². The van der Waals surface area contributed by atoms with Gasteiger partial charge in [-0.25, -0.2) is 0 Å². The molecule has 2 rings (SSSR count). The van der Waals surface area contributed by atoms with E-state index in [9.17, 15) is 9.59 Å². The number of carbonyl (C=O) groups excluding carboxylic acids is 2. The van der Waals surface area contributed by atoms with Crippen LogP contribution in [0.3, 0.4) is 0 Å². The molecule has 0 atom stereocenters. The summed E-state index contributed by atoms with van der Waals surface area (Å²) in [6.45, 7) is 3.02. The number of likely N-dealkylation sites (tertiary alicyclic amines) is 1. The first-order valence-corrected chi connectivity index (χ1v) is 6.61. The summed E-state index contributed by atoms with van der Waals surface area (Å²) in [6, 6.07) is 1.73. The molecule has 2 heterocycles. The van der Waals surface area contributed by atoms with Crippen LogP contribution >= 0.6 is 0 Å². The van der Waals surface area contributed by atoms with E-state index in [4.69, 9.17) is 9.26 Å². The summed E-state index contributed by atoms with van der Waals surface area (Å²) in [5, 5.41) is 6.62. The van der Waals surface area contributed by atoms with E-state index < -0.39 is 0 Å². The van der Waals surface area contributed by atoms with E-state index in [1.807, 2.05) is 0 Å². The van der Waals surface area contributed by atoms with Gasteiger partial charge in [0.2, 0.25) is 5.91 Å². The molecule has 20 heavy (non-hydrogen) atoms. The number of aryl methyl sites for hydroxylation is 1. The van der Waals surface area contributed by atoms with E-state index in [0.717, 1.165) is 12.8 Å². The Labute approximate surface area is 117 Å². The van der Waals surface area contributed by atoms with Crippen molar-refractivity contribution < 1.29 is 18.8 Å². The van der Waals surface area contributed by atoms with Gasteiger partial charge in [0.25, 0.3) is 5.91 Å². The highest BCUT2D eigenvalue weighted by molar-refractivity contribution is 5.92. The molecule has 110 valence electrons. The molecule has 0 spiro atoms. The zero-order valence-electron chi connectivity index (χ0n) is 11.7. The van der Waals surface area contributed by atoms with E-state index in [-0.39, 0.29) is 24.5 Å². The number of carbonyl (C=O) groups is 2. The number of nitrogens with zero attached hydrogens (tertiary/aromatic N) is 2. The quantitative estimate of drug-likeness (QED) is 0.861. The standard InChI is InChI=1S/C13H19N3O4/c1-9-7-11(15-20-9)13(18)16-5-3-10(4-6-16)14-12(17)8-19-2/h7,10H,3-6,8H2,1-2H3,(H,14,17). The lowest BCUT2D eigenvalue weighted by molar-refractivity contribution is -0.125. The van der Waals surface area contributed by atoms with Crippen LogP contribution in [-0.2, 0) is 9.53 Å². The number of piperidine rings is 1. The largest absolute Gasteiger partial charge is 0.375 e. The van der Waals surface area contributed by atoms with Gasteiger partial charge < -0.3 is 19.5 Å². The van der Waals surface area contributed by atoms with Crippen LogP contribution in [0.2, 0.25) is 0 Å². The van der Waals surface area contributed by atoms with Crippen molar-refractivity contribution in [3.63, 3.8) is 0 Å². The molecule has 1 saturated heterocycles.